The van der Waals surface area contributed by atoms with E-state index < -0.39 is 12.5 Å². The molecule has 4 aromatic rings. The van der Waals surface area contributed by atoms with E-state index in [1.807, 2.05) is 0 Å². The Labute approximate surface area is 211 Å². The molecule has 2 aromatic carbocycles. The highest BCUT2D eigenvalue weighted by atomic mass is 19.3. The van der Waals surface area contributed by atoms with E-state index >= 15 is 0 Å². The van der Waals surface area contributed by atoms with Crippen molar-refractivity contribution in [2.75, 3.05) is 12.4 Å². The Hall–Kier alpha value is -4.21. The van der Waals surface area contributed by atoms with Gasteiger partial charge in [-0.1, -0.05) is 25.1 Å². The average Bonchev–Trinajstić information content (AvgIpc) is 3.30. The van der Waals surface area contributed by atoms with E-state index in [4.69, 9.17) is 4.42 Å². The lowest BCUT2D eigenvalue weighted by Gasteiger charge is -2.15. The lowest BCUT2D eigenvalue weighted by molar-refractivity contribution is -0.0494. The topological polar surface area (TPSA) is 77.2 Å². The van der Waals surface area contributed by atoms with Crippen molar-refractivity contribution in [3.8, 4) is 28.5 Å². The number of anilines is 1. The van der Waals surface area contributed by atoms with Gasteiger partial charge in [0, 0.05) is 42.0 Å². The molecule has 0 saturated carbocycles. The van der Waals surface area contributed by atoms with Crippen molar-refractivity contribution in [2.24, 2.45) is 0 Å². The van der Waals surface area contributed by atoms with Crippen LogP contribution in [0.25, 0.3) is 22.7 Å². The van der Waals surface area contributed by atoms with Gasteiger partial charge in [0.2, 0.25) is 5.89 Å². The number of oxazole rings is 1. The van der Waals surface area contributed by atoms with E-state index in [9.17, 15) is 22.4 Å². The number of ether oxygens (including phenoxy) is 1. The maximum atomic E-state index is 13.2. The summed E-state index contributed by atoms with van der Waals surface area (Å²) >= 11 is 0. The third kappa shape index (κ3) is 6.93. The quantitative estimate of drug-likeness (QED) is 0.195. The average molecular weight is 516 g/mol. The van der Waals surface area contributed by atoms with Crippen LogP contribution in [-0.2, 0) is 5.92 Å². The van der Waals surface area contributed by atoms with Crippen molar-refractivity contribution in [1.82, 2.24) is 9.97 Å². The van der Waals surface area contributed by atoms with E-state index in [1.165, 1.54) is 31.2 Å². The van der Waals surface area contributed by atoms with Gasteiger partial charge in [0.15, 0.2) is 12.0 Å². The number of rotatable bonds is 8. The summed E-state index contributed by atoms with van der Waals surface area (Å²) in [5, 5.41) is 2.83. The minimum Gasteiger partial charge on any atom is -0.434 e. The van der Waals surface area contributed by atoms with Gasteiger partial charge in [-0.3, -0.25) is 9.78 Å². The fourth-order valence-corrected chi connectivity index (χ4v) is 3.33. The molecule has 0 radical (unpaired) electrons. The molecule has 0 fully saturated rings. The molecule has 0 aliphatic heterocycles. The molecule has 37 heavy (non-hydrogen) atoms. The highest BCUT2D eigenvalue weighted by Crippen LogP contribution is 2.35. The second-order valence-electron chi connectivity index (χ2n) is 7.78. The number of pyridine rings is 1. The van der Waals surface area contributed by atoms with Gasteiger partial charge < -0.3 is 14.5 Å². The Morgan fingerprint density at radius 3 is 2.49 bits per heavy atom. The van der Waals surface area contributed by atoms with Crippen molar-refractivity contribution in [2.45, 2.75) is 32.8 Å². The Morgan fingerprint density at radius 1 is 1.11 bits per heavy atom. The summed E-state index contributed by atoms with van der Waals surface area (Å²) in [5.41, 5.74) is 2.60. The number of carbonyl (C=O) groups excluding carboxylic acids is 1. The summed E-state index contributed by atoms with van der Waals surface area (Å²) < 4.78 is 61.5. The normalized spacial score (nSPS) is 11.0. The van der Waals surface area contributed by atoms with Gasteiger partial charge in [-0.15, -0.1) is 0 Å². The Balaban J connectivity index is 0.000000248. The maximum absolute atomic E-state index is 13.2. The zero-order valence-electron chi connectivity index (χ0n) is 20.3. The maximum Gasteiger partial charge on any atom is 0.387 e. The summed E-state index contributed by atoms with van der Waals surface area (Å²) in [6.07, 6.45) is 1.95. The van der Waals surface area contributed by atoms with Crippen LogP contribution in [0.3, 0.4) is 0 Å². The number of hydrogen-bond acceptors (Lipinski definition) is 6. The minimum atomic E-state index is -2.95. The van der Waals surface area contributed by atoms with Crippen LogP contribution in [0.1, 0.15) is 35.2 Å². The fourth-order valence-electron chi connectivity index (χ4n) is 3.33. The van der Waals surface area contributed by atoms with Gasteiger partial charge in [0.05, 0.1) is 11.4 Å². The molecular formula is C27H25F4N3O3. The number of carbonyl (C=O) groups is 1. The number of nitrogens with one attached hydrogen (secondary N) is 1. The number of aldehydes is 1. The molecule has 10 heteroatoms. The Kier molecular flexibility index (Phi) is 9.00. The molecule has 2 aromatic heterocycles. The highest BCUT2D eigenvalue weighted by Gasteiger charge is 2.28. The molecule has 0 spiro atoms. The molecule has 6 nitrogen and oxygen atoms in total. The smallest absolute Gasteiger partial charge is 0.387 e. The van der Waals surface area contributed by atoms with Gasteiger partial charge in [-0.25, -0.2) is 13.8 Å². The molecule has 4 rings (SSSR count). The van der Waals surface area contributed by atoms with Crippen LogP contribution in [0.15, 0.2) is 71.3 Å². The number of alkyl halides is 4. The van der Waals surface area contributed by atoms with Crippen molar-refractivity contribution in [3.63, 3.8) is 0 Å². The van der Waals surface area contributed by atoms with Crippen molar-refractivity contribution >= 4 is 12.0 Å². The third-order valence-electron chi connectivity index (χ3n) is 5.34. The lowest BCUT2D eigenvalue weighted by Crippen LogP contribution is -2.11. The van der Waals surface area contributed by atoms with Crippen LogP contribution in [0.5, 0.6) is 5.75 Å². The van der Waals surface area contributed by atoms with E-state index in [0.717, 1.165) is 0 Å². The van der Waals surface area contributed by atoms with Gasteiger partial charge in [0.25, 0.3) is 5.92 Å². The first-order valence-electron chi connectivity index (χ1n) is 11.3. The lowest BCUT2D eigenvalue weighted by atomic mass is 10.1. The Bertz CT molecular complexity index is 1330. The van der Waals surface area contributed by atoms with Crippen LogP contribution in [0, 0.1) is 6.92 Å². The second kappa shape index (κ2) is 12.2. The molecule has 1 N–H and O–H groups in total. The number of nitrogens with zero attached hydrogens (tertiary/aromatic N) is 2. The molecule has 0 aliphatic rings. The number of aryl methyl sites for hydroxylation is 1. The first-order chi connectivity index (χ1) is 17.7. The van der Waals surface area contributed by atoms with Crippen molar-refractivity contribution in [1.29, 1.82) is 0 Å². The third-order valence-corrected chi connectivity index (χ3v) is 5.34. The van der Waals surface area contributed by atoms with Crippen LogP contribution in [0.2, 0.25) is 0 Å². The summed E-state index contributed by atoms with van der Waals surface area (Å²) in [6.45, 7) is 0.167. The first-order valence-corrected chi connectivity index (χ1v) is 11.3. The second-order valence-corrected chi connectivity index (χ2v) is 7.78. The van der Waals surface area contributed by atoms with Gasteiger partial charge in [-0.2, -0.15) is 8.78 Å². The Morgan fingerprint density at radius 2 is 1.89 bits per heavy atom. The number of hydrogen-bond donors (Lipinski definition) is 1. The van der Waals surface area contributed by atoms with Crippen LogP contribution < -0.4 is 10.1 Å². The van der Waals surface area contributed by atoms with E-state index in [1.54, 1.807) is 56.6 Å². The summed E-state index contributed by atoms with van der Waals surface area (Å²) in [6, 6.07) is 16.0. The zero-order chi connectivity index (χ0) is 27.0. The van der Waals surface area contributed by atoms with Crippen molar-refractivity contribution < 1.29 is 31.5 Å². The van der Waals surface area contributed by atoms with Crippen LogP contribution >= 0.6 is 0 Å². The molecule has 0 atom stereocenters. The molecule has 0 aliphatic carbocycles. The fraction of sp³-hybridized carbons (Fsp3) is 0.222. The molecule has 0 unspecified atom stereocenters. The molecule has 0 saturated heterocycles. The monoisotopic (exact) mass is 515 g/mol. The van der Waals surface area contributed by atoms with E-state index in [-0.39, 0.29) is 29.4 Å². The van der Waals surface area contributed by atoms with Gasteiger partial charge in [-0.05, 0) is 49.4 Å². The number of halogens is 4. The van der Waals surface area contributed by atoms with Crippen LogP contribution in [0.4, 0.5) is 23.2 Å². The summed E-state index contributed by atoms with van der Waals surface area (Å²) in [5.74, 6) is -2.38. The number of benzene rings is 2. The summed E-state index contributed by atoms with van der Waals surface area (Å²) in [4.78, 5) is 19.2. The molecule has 194 valence electrons. The van der Waals surface area contributed by atoms with Crippen molar-refractivity contribution in [3.05, 3.63) is 83.9 Å². The highest BCUT2D eigenvalue weighted by molar-refractivity contribution is 5.76. The zero-order valence-corrected chi connectivity index (χ0v) is 20.3. The van der Waals surface area contributed by atoms with E-state index in [0.29, 0.717) is 34.5 Å². The predicted molar refractivity (Wildman–Crippen MR) is 132 cm³/mol. The summed E-state index contributed by atoms with van der Waals surface area (Å²) in [7, 11) is 1.71. The number of aromatic nitrogens is 2. The van der Waals surface area contributed by atoms with E-state index in [2.05, 4.69) is 20.0 Å². The molecular weight excluding hydrogens is 490 g/mol. The first kappa shape index (κ1) is 27.4. The van der Waals surface area contributed by atoms with Gasteiger partial charge >= 0.3 is 6.61 Å². The molecule has 2 heterocycles. The standard InChI is InChI=1S/C17H12F2N2O3.C10H13F2N/c1-10-15(9-22)23-16(21-10)11-5-6-14(24-17(18)19)12(8-11)13-4-2-3-7-20-13;1-3-10(11,12)8-5-4-6-9(7-8)13-2/h2-9,17H,1H3;4-7,13H,3H2,1-2H3. The van der Waals surface area contributed by atoms with Gasteiger partial charge in [0.1, 0.15) is 5.75 Å². The largest absolute Gasteiger partial charge is 0.434 e. The predicted octanol–water partition coefficient (Wildman–Crippen LogP) is 7.36. The van der Waals surface area contributed by atoms with Crippen LogP contribution in [-0.4, -0.2) is 29.9 Å². The SMILES string of the molecule is CCC(F)(F)c1cccc(NC)c1.Cc1nc(-c2ccc(OC(F)F)c(-c3ccccn3)c2)oc1C=O. The molecule has 0 bridgehead atoms. The molecule has 0 amide bonds. The minimum absolute atomic E-state index is 0.00802.